The summed E-state index contributed by atoms with van der Waals surface area (Å²) in [4.78, 5) is 24.1. The molecule has 2 amide bonds. The number of primary amides is 1. The van der Waals surface area contributed by atoms with Gasteiger partial charge in [-0.2, -0.15) is 5.10 Å². The van der Waals surface area contributed by atoms with Gasteiger partial charge in [-0.3, -0.25) is 14.3 Å². The molecule has 1 aliphatic heterocycles. The molecule has 0 spiro atoms. The van der Waals surface area contributed by atoms with E-state index in [1.54, 1.807) is 29.1 Å². The van der Waals surface area contributed by atoms with Crippen molar-refractivity contribution >= 4 is 17.5 Å². The van der Waals surface area contributed by atoms with Gasteiger partial charge in [-0.15, -0.1) is 0 Å². The van der Waals surface area contributed by atoms with Gasteiger partial charge in [0.2, 0.25) is 11.8 Å². The number of carbonyl (C=O) groups excluding carboxylic acids is 2. The predicted molar refractivity (Wildman–Crippen MR) is 90.6 cm³/mol. The van der Waals surface area contributed by atoms with Crippen molar-refractivity contribution < 1.29 is 9.59 Å². The van der Waals surface area contributed by atoms with E-state index in [1.807, 2.05) is 20.2 Å². The molecule has 1 aromatic carbocycles. The van der Waals surface area contributed by atoms with Gasteiger partial charge in [0.05, 0.1) is 12.1 Å². The van der Waals surface area contributed by atoms with Crippen LogP contribution in [0.1, 0.15) is 27.4 Å². The second kappa shape index (κ2) is 6.45. The Kier molecular flexibility index (Phi) is 4.35. The van der Waals surface area contributed by atoms with Crippen molar-refractivity contribution in [3.8, 4) is 0 Å². The molecule has 2 atom stereocenters. The number of benzene rings is 1. The molecule has 0 unspecified atom stereocenters. The lowest BCUT2D eigenvalue weighted by Gasteiger charge is -2.18. The summed E-state index contributed by atoms with van der Waals surface area (Å²) in [5, 5.41) is 10.4. The number of amides is 2. The van der Waals surface area contributed by atoms with Crippen molar-refractivity contribution in [3.05, 3.63) is 47.3 Å². The molecule has 3 rings (SSSR count). The summed E-state index contributed by atoms with van der Waals surface area (Å²) >= 11 is 0. The topological polar surface area (TPSA) is 102 Å². The molecule has 1 aliphatic rings. The van der Waals surface area contributed by atoms with Gasteiger partial charge in [-0.1, -0.05) is 6.07 Å². The Hall–Kier alpha value is -2.67. The summed E-state index contributed by atoms with van der Waals surface area (Å²) in [5.74, 6) is -0.691. The summed E-state index contributed by atoms with van der Waals surface area (Å²) < 4.78 is 1.74. The molecule has 0 aliphatic carbocycles. The van der Waals surface area contributed by atoms with E-state index < -0.39 is 5.91 Å². The Bertz CT molecular complexity index is 783. The number of hydrogen-bond donors (Lipinski definition) is 3. The van der Waals surface area contributed by atoms with Gasteiger partial charge in [0.25, 0.3) is 0 Å². The molecule has 0 saturated carbocycles. The highest BCUT2D eigenvalue weighted by Gasteiger charge is 2.34. The monoisotopic (exact) mass is 327 g/mol. The quantitative estimate of drug-likeness (QED) is 0.772. The maximum absolute atomic E-state index is 12.7. The molecular weight excluding hydrogens is 306 g/mol. The average Bonchev–Trinajstić information content (AvgIpc) is 3.17. The van der Waals surface area contributed by atoms with Crippen molar-refractivity contribution in [1.82, 2.24) is 15.1 Å². The van der Waals surface area contributed by atoms with Gasteiger partial charge in [0.15, 0.2) is 0 Å². The first-order valence-electron chi connectivity index (χ1n) is 7.86. The zero-order valence-corrected chi connectivity index (χ0v) is 13.7. The molecule has 2 aromatic rings. The zero-order valence-electron chi connectivity index (χ0n) is 13.7. The van der Waals surface area contributed by atoms with Gasteiger partial charge in [0.1, 0.15) is 0 Å². The van der Waals surface area contributed by atoms with Crippen molar-refractivity contribution in [2.45, 2.75) is 12.8 Å². The first kappa shape index (κ1) is 16.2. The number of anilines is 1. The summed E-state index contributed by atoms with van der Waals surface area (Å²) in [5.41, 5.74) is 8.25. The highest BCUT2D eigenvalue weighted by Crippen LogP contribution is 2.29. The number of nitrogens with two attached hydrogens (primary N) is 1. The summed E-state index contributed by atoms with van der Waals surface area (Å²) in [6.45, 7) is 3.23. The maximum Gasteiger partial charge on any atom is 0.248 e. The van der Waals surface area contributed by atoms with Crippen molar-refractivity contribution in [2.75, 3.05) is 18.4 Å². The van der Waals surface area contributed by atoms with Gasteiger partial charge in [0, 0.05) is 43.5 Å². The number of aromatic nitrogens is 2. The standard InChI is InChI=1S/C17H21N5O2/c1-10-3-4-11(16(18)23)5-15(10)21-17(24)14-8-19-7-13(14)12-6-20-22(2)9-12/h3-6,9,13-14,19H,7-8H2,1-2H3,(H2,18,23)(H,21,24)/t13-,14+/m1/s1. The van der Waals surface area contributed by atoms with Crippen LogP contribution in [0.3, 0.4) is 0 Å². The van der Waals surface area contributed by atoms with E-state index >= 15 is 0 Å². The second-order valence-corrected chi connectivity index (χ2v) is 6.20. The normalized spacial score (nSPS) is 20.1. The molecule has 4 N–H and O–H groups in total. The molecule has 2 heterocycles. The van der Waals surface area contributed by atoms with E-state index in [0.29, 0.717) is 17.8 Å². The van der Waals surface area contributed by atoms with Crippen LogP contribution in [0.25, 0.3) is 0 Å². The molecule has 1 fully saturated rings. The minimum Gasteiger partial charge on any atom is -0.366 e. The smallest absolute Gasteiger partial charge is 0.248 e. The Morgan fingerprint density at radius 3 is 2.83 bits per heavy atom. The lowest BCUT2D eigenvalue weighted by Crippen LogP contribution is -2.28. The maximum atomic E-state index is 12.7. The minimum atomic E-state index is -0.513. The number of aryl methyl sites for hydroxylation is 2. The highest BCUT2D eigenvalue weighted by atomic mass is 16.2. The first-order valence-corrected chi connectivity index (χ1v) is 7.86. The van der Waals surface area contributed by atoms with Crippen LogP contribution in [0.4, 0.5) is 5.69 Å². The van der Waals surface area contributed by atoms with Crippen molar-refractivity contribution in [1.29, 1.82) is 0 Å². The van der Waals surface area contributed by atoms with Crippen molar-refractivity contribution in [2.24, 2.45) is 18.7 Å². The van der Waals surface area contributed by atoms with Gasteiger partial charge in [-0.05, 0) is 30.2 Å². The number of nitrogens with zero attached hydrogens (tertiary/aromatic N) is 2. The number of carbonyl (C=O) groups is 2. The molecule has 1 saturated heterocycles. The molecule has 0 bridgehead atoms. The largest absolute Gasteiger partial charge is 0.366 e. The van der Waals surface area contributed by atoms with Crippen LogP contribution >= 0.6 is 0 Å². The summed E-state index contributed by atoms with van der Waals surface area (Å²) in [6, 6.07) is 5.06. The van der Waals surface area contributed by atoms with Crippen LogP contribution in [0.15, 0.2) is 30.6 Å². The molecule has 1 aromatic heterocycles. The van der Waals surface area contributed by atoms with Gasteiger partial charge >= 0.3 is 0 Å². The summed E-state index contributed by atoms with van der Waals surface area (Å²) in [6.07, 6.45) is 3.74. The minimum absolute atomic E-state index is 0.0708. The third-order valence-corrected chi connectivity index (χ3v) is 4.48. The third-order valence-electron chi connectivity index (χ3n) is 4.48. The van der Waals surface area contributed by atoms with Gasteiger partial charge < -0.3 is 16.4 Å². The Morgan fingerprint density at radius 1 is 1.38 bits per heavy atom. The van der Waals surface area contributed by atoms with E-state index in [2.05, 4.69) is 15.7 Å². The van der Waals surface area contributed by atoms with Crippen LogP contribution in [-0.4, -0.2) is 34.7 Å². The number of nitrogens with one attached hydrogen (secondary N) is 2. The van der Waals surface area contributed by atoms with Gasteiger partial charge in [-0.25, -0.2) is 0 Å². The Morgan fingerprint density at radius 2 is 2.17 bits per heavy atom. The SMILES string of the molecule is Cc1ccc(C(N)=O)cc1NC(=O)[C@H]1CNC[C@@H]1c1cnn(C)c1. The zero-order chi connectivity index (χ0) is 17.3. The lowest BCUT2D eigenvalue weighted by atomic mass is 9.90. The Balaban J connectivity index is 1.79. The highest BCUT2D eigenvalue weighted by molar-refractivity contribution is 5.98. The molecule has 7 nitrogen and oxygen atoms in total. The lowest BCUT2D eigenvalue weighted by molar-refractivity contribution is -0.119. The fourth-order valence-electron chi connectivity index (χ4n) is 3.07. The molecular formula is C17H21N5O2. The van der Waals surface area contributed by atoms with E-state index in [9.17, 15) is 9.59 Å². The Labute approximate surface area is 140 Å². The van der Waals surface area contributed by atoms with E-state index in [4.69, 9.17) is 5.73 Å². The fraction of sp³-hybridized carbons (Fsp3) is 0.353. The third kappa shape index (κ3) is 3.16. The molecule has 24 heavy (non-hydrogen) atoms. The van der Waals surface area contributed by atoms with Crippen molar-refractivity contribution in [3.63, 3.8) is 0 Å². The van der Waals surface area contributed by atoms with Crippen LogP contribution in [0, 0.1) is 12.8 Å². The van der Waals surface area contributed by atoms with E-state index in [-0.39, 0.29) is 17.7 Å². The average molecular weight is 327 g/mol. The summed E-state index contributed by atoms with van der Waals surface area (Å²) in [7, 11) is 1.86. The van der Waals surface area contributed by atoms with Crippen LogP contribution < -0.4 is 16.4 Å². The predicted octanol–water partition coefficient (Wildman–Crippen LogP) is 0.769. The number of rotatable bonds is 4. The van der Waals surface area contributed by atoms with E-state index in [1.165, 1.54) is 0 Å². The van der Waals surface area contributed by atoms with E-state index in [0.717, 1.165) is 17.7 Å². The molecule has 7 heteroatoms. The number of hydrogen-bond acceptors (Lipinski definition) is 4. The second-order valence-electron chi connectivity index (χ2n) is 6.20. The van der Waals surface area contributed by atoms with Crippen LogP contribution in [-0.2, 0) is 11.8 Å². The van der Waals surface area contributed by atoms with Crippen LogP contribution in [0.2, 0.25) is 0 Å². The first-order chi connectivity index (χ1) is 11.5. The van der Waals surface area contributed by atoms with Crippen LogP contribution in [0.5, 0.6) is 0 Å². The molecule has 0 radical (unpaired) electrons. The fourth-order valence-corrected chi connectivity index (χ4v) is 3.07. The molecule has 126 valence electrons.